The number of rotatable bonds is 6. The van der Waals surface area contributed by atoms with Gasteiger partial charge in [-0.05, 0) is 25.5 Å². The molecule has 8 heteroatoms. The molecule has 0 radical (unpaired) electrons. The van der Waals surface area contributed by atoms with E-state index in [-0.39, 0.29) is 30.0 Å². The maximum atomic E-state index is 12.4. The van der Waals surface area contributed by atoms with Gasteiger partial charge >= 0.3 is 0 Å². The van der Waals surface area contributed by atoms with E-state index in [9.17, 15) is 19.7 Å². The molecule has 0 saturated carbocycles. The van der Waals surface area contributed by atoms with Gasteiger partial charge in [-0.15, -0.1) is 0 Å². The second-order valence-electron chi connectivity index (χ2n) is 6.00. The van der Waals surface area contributed by atoms with Crippen molar-refractivity contribution < 1.29 is 19.2 Å². The summed E-state index contributed by atoms with van der Waals surface area (Å²) in [5.41, 5.74) is 1.09. The van der Waals surface area contributed by atoms with Gasteiger partial charge in [0.15, 0.2) is 0 Å². The second kappa shape index (κ2) is 7.39. The highest BCUT2D eigenvalue weighted by Gasteiger charge is 2.36. The van der Waals surface area contributed by atoms with Crippen LogP contribution in [-0.2, 0) is 14.3 Å². The lowest BCUT2D eigenvalue weighted by Crippen LogP contribution is -2.38. The predicted molar refractivity (Wildman–Crippen MR) is 87.6 cm³/mol. The number of ether oxygens (including phenoxy) is 1. The van der Waals surface area contributed by atoms with E-state index in [0.29, 0.717) is 24.4 Å². The van der Waals surface area contributed by atoms with Gasteiger partial charge in [0.2, 0.25) is 11.8 Å². The van der Waals surface area contributed by atoms with Gasteiger partial charge in [0.1, 0.15) is 0 Å². The van der Waals surface area contributed by atoms with E-state index in [1.165, 1.54) is 18.2 Å². The standard InChI is InChI=1S/C16H21N3O5/c1-10-6-13(19(22)23)4-5-14(10)17-16(21)12-7-15(20)18(8-12)11(2)9-24-3/h4-6,11-12H,7-9H2,1-3H3,(H,17,21)/t11-,12+/m0/s1. The van der Waals surface area contributed by atoms with Crippen molar-refractivity contribution in [3.8, 4) is 0 Å². The molecule has 2 rings (SSSR count). The molecule has 1 heterocycles. The fourth-order valence-corrected chi connectivity index (χ4v) is 2.80. The van der Waals surface area contributed by atoms with Gasteiger partial charge in [0.25, 0.3) is 5.69 Å². The van der Waals surface area contributed by atoms with Crippen LogP contribution in [0, 0.1) is 23.0 Å². The lowest BCUT2D eigenvalue weighted by atomic mass is 10.1. The van der Waals surface area contributed by atoms with E-state index < -0.39 is 10.8 Å². The first-order valence-electron chi connectivity index (χ1n) is 7.67. The lowest BCUT2D eigenvalue weighted by Gasteiger charge is -2.24. The average molecular weight is 335 g/mol. The summed E-state index contributed by atoms with van der Waals surface area (Å²) in [6.45, 7) is 4.33. The Morgan fingerprint density at radius 1 is 1.54 bits per heavy atom. The number of benzene rings is 1. The predicted octanol–water partition coefficient (Wildman–Crippen LogP) is 1.73. The topological polar surface area (TPSA) is 102 Å². The molecule has 0 unspecified atom stereocenters. The molecule has 0 aliphatic carbocycles. The Morgan fingerprint density at radius 3 is 2.83 bits per heavy atom. The molecule has 1 fully saturated rings. The zero-order chi connectivity index (χ0) is 17.9. The largest absolute Gasteiger partial charge is 0.383 e. The first-order valence-corrected chi connectivity index (χ1v) is 7.67. The van der Waals surface area contributed by atoms with Crippen molar-refractivity contribution in [2.75, 3.05) is 25.6 Å². The smallest absolute Gasteiger partial charge is 0.269 e. The summed E-state index contributed by atoms with van der Waals surface area (Å²) in [5.74, 6) is -0.765. The number of amides is 2. The van der Waals surface area contributed by atoms with Crippen LogP contribution < -0.4 is 5.32 Å². The quantitative estimate of drug-likeness (QED) is 0.630. The third kappa shape index (κ3) is 3.88. The number of aryl methyl sites for hydroxylation is 1. The number of nitro groups is 1. The molecule has 1 aromatic rings. The van der Waals surface area contributed by atoms with Gasteiger partial charge in [-0.3, -0.25) is 19.7 Å². The molecule has 24 heavy (non-hydrogen) atoms. The van der Waals surface area contributed by atoms with Crippen LogP contribution in [0.5, 0.6) is 0 Å². The molecule has 1 saturated heterocycles. The zero-order valence-electron chi connectivity index (χ0n) is 13.9. The number of anilines is 1. The summed E-state index contributed by atoms with van der Waals surface area (Å²) in [4.78, 5) is 36.4. The van der Waals surface area contributed by atoms with Crippen LogP contribution in [0.25, 0.3) is 0 Å². The van der Waals surface area contributed by atoms with Gasteiger partial charge in [-0.25, -0.2) is 0 Å². The third-order valence-electron chi connectivity index (χ3n) is 4.15. The molecule has 0 bridgehead atoms. The maximum Gasteiger partial charge on any atom is 0.269 e. The van der Waals surface area contributed by atoms with E-state index in [0.717, 1.165) is 0 Å². The molecule has 130 valence electrons. The van der Waals surface area contributed by atoms with Crippen molar-refractivity contribution in [3.63, 3.8) is 0 Å². The van der Waals surface area contributed by atoms with Crippen LogP contribution in [0.2, 0.25) is 0 Å². The minimum absolute atomic E-state index is 0.0268. The van der Waals surface area contributed by atoms with E-state index in [1.807, 2.05) is 6.92 Å². The van der Waals surface area contributed by atoms with Crippen molar-refractivity contribution in [1.29, 1.82) is 0 Å². The van der Waals surface area contributed by atoms with E-state index >= 15 is 0 Å². The molecule has 1 aliphatic heterocycles. The summed E-state index contributed by atoms with van der Waals surface area (Å²) in [7, 11) is 1.57. The number of hydrogen-bond acceptors (Lipinski definition) is 5. The molecule has 8 nitrogen and oxygen atoms in total. The number of likely N-dealkylation sites (tertiary alicyclic amines) is 1. The van der Waals surface area contributed by atoms with Gasteiger partial charge < -0.3 is 15.0 Å². The maximum absolute atomic E-state index is 12.4. The lowest BCUT2D eigenvalue weighted by molar-refractivity contribution is -0.384. The number of carbonyl (C=O) groups excluding carboxylic acids is 2. The van der Waals surface area contributed by atoms with Crippen LogP contribution >= 0.6 is 0 Å². The molecule has 0 spiro atoms. The Bertz CT molecular complexity index is 661. The normalized spacial score (nSPS) is 18.5. The number of nitro benzene ring substituents is 1. The van der Waals surface area contributed by atoms with E-state index in [2.05, 4.69) is 5.32 Å². The van der Waals surface area contributed by atoms with Crippen LogP contribution in [0.4, 0.5) is 11.4 Å². The molecular weight excluding hydrogens is 314 g/mol. The number of nitrogens with zero attached hydrogens (tertiary/aromatic N) is 2. The van der Waals surface area contributed by atoms with Crippen molar-refractivity contribution in [2.24, 2.45) is 5.92 Å². The Balaban J connectivity index is 2.03. The second-order valence-corrected chi connectivity index (χ2v) is 6.00. The summed E-state index contributed by atoms with van der Waals surface area (Å²) < 4.78 is 5.05. The number of carbonyl (C=O) groups is 2. The van der Waals surface area contributed by atoms with Gasteiger partial charge in [0, 0.05) is 37.9 Å². The molecule has 1 aromatic carbocycles. The summed E-state index contributed by atoms with van der Waals surface area (Å²) in [5, 5.41) is 13.5. The summed E-state index contributed by atoms with van der Waals surface area (Å²) in [6.07, 6.45) is 0.159. The average Bonchev–Trinajstić information content (AvgIpc) is 2.91. The zero-order valence-corrected chi connectivity index (χ0v) is 13.9. The number of methoxy groups -OCH3 is 1. The molecule has 2 atom stereocenters. The summed E-state index contributed by atoms with van der Waals surface area (Å²) in [6, 6.07) is 4.17. The van der Waals surface area contributed by atoms with Crippen molar-refractivity contribution in [2.45, 2.75) is 26.3 Å². The van der Waals surface area contributed by atoms with Crippen LogP contribution in [0.15, 0.2) is 18.2 Å². The van der Waals surface area contributed by atoms with Crippen LogP contribution in [-0.4, -0.2) is 47.9 Å². The minimum Gasteiger partial charge on any atom is -0.383 e. The fraction of sp³-hybridized carbons (Fsp3) is 0.500. The monoisotopic (exact) mass is 335 g/mol. The Hall–Kier alpha value is -2.48. The van der Waals surface area contributed by atoms with Gasteiger partial charge in [-0.2, -0.15) is 0 Å². The highest BCUT2D eigenvalue weighted by Crippen LogP contribution is 2.25. The van der Waals surface area contributed by atoms with Crippen molar-refractivity contribution >= 4 is 23.2 Å². The fourth-order valence-electron chi connectivity index (χ4n) is 2.80. The van der Waals surface area contributed by atoms with Gasteiger partial charge in [-0.1, -0.05) is 0 Å². The Morgan fingerprint density at radius 2 is 2.25 bits per heavy atom. The Kier molecular flexibility index (Phi) is 5.50. The first kappa shape index (κ1) is 17.9. The molecule has 1 aliphatic rings. The summed E-state index contributed by atoms with van der Waals surface area (Å²) >= 11 is 0. The SMILES string of the molecule is COC[C@H](C)N1C[C@H](C(=O)Nc2ccc([N+](=O)[O-])cc2C)CC1=O. The number of non-ortho nitro benzene ring substituents is 1. The highest BCUT2D eigenvalue weighted by molar-refractivity contribution is 5.97. The Labute approximate surface area is 139 Å². The van der Waals surface area contributed by atoms with Gasteiger partial charge in [0.05, 0.1) is 23.5 Å². The molecule has 1 N–H and O–H groups in total. The third-order valence-corrected chi connectivity index (χ3v) is 4.15. The van der Waals surface area contributed by atoms with Crippen LogP contribution in [0.3, 0.4) is 0 Å². The van der Waals surface area contributed by atoms with E-state index in [4.69, 9.17) is 4.74 Å². The number of hydrogen-bond donors (Lipinski definition) is 1. The number of nitrogens with one attached hydrogen (secondary N) is 1. The van der Waals surface area contributed by atoms with Crippen LogP contribution in [0.1, 0.15) is 18.9 Å². The van der Waals surface area contributed by atoms with Crippen molar-refractivity contribution in [1.82, 2.24) is 4.90 Å². The molecule has 0 aromatic heterocycles. The first-order chi connectivity index (χ1) is 11.3. The van der Waals surface area contributed by atoms with Crippen molar-refractivity contribution in [3.05, 3.63) is 33.9 Å². The molecular formula is C16H21N3O5. The van der Waals surface area contributed by atoms with E-state index in [1.54, 1.807) is 18.9 Å². The highest BCUT2D eigenvalue weighted by atomic mass is 16.6. The molecule has 2 amide bonds. The minimum atomic E-state index is -0.483.